The normalized spacial score (nSPS) is 35.2. The summed E-state index contributed by atoms with van der Waals surface area (Å²) in [6.07, 6.45) is 8.18. The van der Waals surface area contributed by atoms with Gasteiger partial charge in [0, 0.05) is 37.4 Å². The molecule has 2 unspecified atom stereocenters. The number of carbonyl (C=O) groups excluding carboxylic acids is 1. The van der Waals surface area contributed by atoms with Crippen LogP contribution in [-0.4, -0.2) is 55.6 Å². The SMILES string of the molecule is Cc1cc(N2CC[C@@H](N3CCC[C@@H]3C)C2)ccc1C1CCC2(CCCNC2)C(=O)N1. The summed E-state index contributed by atoms with van der Waals surface area (Å²) in [5.74, 6) is 0.261. The van der Waals surface area contributed by atoms with Crippen LogP contribution in [0.4, 0.5) is 5.69 Å². The van der Waals surface area contributed by atoms with Crippen LogP contribution in [0.25, 0.3) is 0 Å². The molecule has 5 nitrogen and oxygen atoms in total. The topological polar surface area (TPSA) is 47.6 Å². The van der Waals surface area contributed by atoms with Gasteiger partial charge in [-0.1, -0.05) is 6.07 Å². The molecule has 4 saturated heterocycles. The molecule has 0 saturated carbocycles. The van der Waals surface area contributed by atoms with Crippen molar-refractivity contribution >= 4 is 11.6 Å². The first-order valence-electron chi connectivity index (χ1n) is 12.2. The summed E-state index contributed by atoms with van der Waals surface area (Å²) < 4.78 is 0. The number of anilines is 1. The summed E-state index contributed by atoms with van der Waals surface area (Å²) >= 11 is 0. The molecule has 5 rings (SSSR count). The van der Waals surface area contributed by atoms with Crippen molar-refractivity contribution < 1.29 is 4.79 Å². The number of likely N-dealkylation sites (tertiary alicyclic amines) is 1. The number of nitrogens with zero attached hydrogens (tertiary/aromatic N) is 2. The molecule has 30 heavy (non-hydrogen) atoms. The molecule has 4 aliphatic rings. The fourth-order valence-electron chi connectivity index (χ4n) is 6.52. The van der Waals surface area contributed by atoms with Gasteiger partial charge in [0.05, 0.1) is 11.5 Å². The van der Waals surface area contributed by atoms with Gasteiger partial charge in [0.15, 0.2) is 0 Å². The number of hydrogen-bond acceptors (Lipinski definition) is 4. The molecule has 1 aromatic carbocycles. The standard InChI is InChI=1S/C25H38N4O/c1-18-15-20(28-14-9-21(16-28)29-13-3-5-19(29)2)6-7-22(18)23-8-11-25(24(30)27-23)10-4-12-26-17-25/h6-7,15,19,21,23,26H,3-5,8-14,16-17H2,1-2H3,(H,27,30)/t19-,21+,23?,25?/m0/s1. The molecule has 2 N–H and O–H groups in total. The van der Waals surface area contributed by atoms with Gasteiger partial charge in [-0.25, -0.2) is 0 Å². The van der Waals surface area contributed by atoms with Crippen molar-refractivity contribution in [1.29, 1.82) is 0 Å². The quantitative estimate of drug-likeness (QED) is 0.802. The van der Waals surface area contributed by atoms with Gasteiger partial charge in [0.2, 0.25) is 5.91 Å². The summed E-state index contributed by atoms with van der Waals surface area (Å²) in [4.78, 5) is 18.3. The lowest BCUT2D eigenvalue weighted by Crippen LogP contribution is -2.54. The minimum absolute atomic E-state index is 0.163. The Hall–Kier alpha value is -1.59. The highest BCUT2D eigenvalue weighted by Crippen LogP contribution is 2.40. The second kappa shape index (κ2) is 8.16. The van der Waals surface area contributed by atoms with Gasteiger partial charge in [-0.2, -0.15) is 0 Å². The minimum atomic E-state index is -0.167. The van der Waals surface area contributed by atoms with Crippen molar-refractivity contribution in [2.45, 2.75) is 76.9 Å². The molecule has 1 amide bonds. The third-order valence-corrected chi connectivity index (χ3v) is 8.40. The number of carbonyl (C=O) groups is 1. The number of amides is 1. The van der Waals surface area contributed by atoms with Crippen LogP contribution in [0, 0.1) is 12.3 Å². The first-order chi connectivity index (χ1) is 14.6. The molecule has 1 aromatic rings. The van der Waals surface area contributed by atoms with Crippen molar-refractivity contribution in [3.63, 3.8) is 0 Å². The maximum absolute atomic E-state index is 13.0. The van der Waals surface area contributed by atoms with Crippen LogP contribution in [0.15, 0.2) is 18.2 Å². The number of rotatable bonds is 3. The average Bonchev–Trinajstić information content (AvgIpc) is 3.40. The van der Waals surface area contributed by atoms with Crippen LogP contribution in [-0.2, 0) is 4.79 Å². The number of benzene rings is 1. The molecule has 4 fully saturated rings. The van der Waals surface area contributed by atoms with E-state index in [0.29, 0.717) is 6.04 Å². The van der Waals surface area contributed by atoms with Crippen LogP contribution in [0.3, 0.4) is 0 Å². The molecule has 0 aromatic heterocycles. The van der Waals surface area contributed by atoms with E-state index >= 15 is 0 Å². The lowest BCUT2D eigenvalue weighted by molar-refractivity contribution is -0.136. The number of nitrogens with one attached hydrogen (secondary N) is 2. The van der Waals surface area contributed by atoms with Crippen LogP contribution in [0.5, 0.6) is 0 Å². The lowest BCUT2D eigenvalue weighted by Gasteiger charge is -2.42. The van der Waals surface area contributed by atoms with Gasteiger partial charge in [-0.05, 0) is 95.1 Å². The Morgan fingerprint density at radius 1 is 1.10 bits per heavy atom. The van der Waals surface area contributed by atoms with E-state index in [1.165, 1.54) is 42.6 Å². The summed E-state index contributed by atoms with van der Waals surface area (Å²) in [5, 5.41) is 6.81. The van der Waals surface area contributed by atoms with E-state index in [0.717, 1.165) is 57.9 Å². The highest BCUT2D eigenvalue weighted by molar-refractivity contribution is 5.84. The molecule has 4 atom stereocenters. The van der Waals surface area contributed by atoms with E-state index in [2.05, 4.69) is 52.5 Å². The van der Waals surface area contributed by atoms with Gasteiger partial charge in [0.25, 0.3) is 0 Å². The first kappa shape index (κ1) is 20.3. The molecule has 4 heterocycles. The zero-order chi connectivity index (χ0) is 20.7. The predicted octanol–water partition coefficient (Wildman–Crippen LogP) is 3.38. The Morgan fingerprint density at radius 3 is 2.70 bits per heavy atom. The molecule has 164 valence electrons. The summed E-state index contributed by atoms with van der Waals surface area (Å²) in [7, 11) is 0. The monoisotopic (exact) mass is 410 g/mol. The second-order valence-electron chi connectivity index (χ2n) is 10.3. The first-order valence-corrected chi connectivity index (χ1v) is 12.2. The summed E-state index contributed by atoms with van der Waals surface area (Å²) in [5.41, 5.74) is 3.80. The predicted molar refractivity (Wildman–Crippen MR) is 122 cm³/mol. The van der Waals surface area contributed by atoms with Gasteiger partial charge in [-0.15, -0.1) is 0 Å². The largest absolute Gasteiger partial charge is 0.370 e. The maximum atomic E-state index is 13.0. The van der Waals surface area contributed by atoms with Crippen molar-refractivity contribution in [2.24, 2.45) is 5.41 Å². The minimum Gasteiger partial charge on any atom is -0.370 e. The fourth-order valence-corrected chi connectivity index (χ4v) is 6.52. The van der Waals surface area contributed by atoms with Crippen LogP contribution >= 0.6 is 0 Å². The molecule has 0 radical (unpaired) electrons. The highest BCUT2D eigenvalue weighted by atomic mass is 16.2. The van der Waals surface area contributed by atoms with Gasteiger partial charge in [-0.3, -0.25) is 9.69 Å². The maximum Gasteiger partial charge on any atom is 0.227 e. The molecular formula is C25H38N4O. The van der Waals surface area contributed by atoms with Crippen molar-refractivity contribution in [1.82, 2.24) is 15.5 Å². The molecule has 0 bridgehead atoms. The Morgan fingerprint density at radius 2 is 2.00 bits per heavy atom. The molecule has 5 heteroatoms. The number of hydrogen-bond donors (Lipinski definition) is 2. The Labute approximate surface area is 181 Å². The third-order valence-electron chi connectivity index (χ3n) is 8.40. The van der Waals surface area contributed by atoms with Crippen LogP contribution in [0.2, 0.25) is 0 Å². The third kappa shape index (κ3) is 3.64. The second-order valence-corrected chi connectivity index (χ2v) is 10.3. The van der Waals surface area contributed by atoms with Crippen molar-refractivity contribution in [2.75, 3.05) is 37.6 Å². The van der Waals surface area contributed by atoms with E-state index in [1.807, 2.05) is 0 Å². The molecule has 0 aliphatic carbocycles. The fraction of sp³-hybridized carbons (Fsp3) is 0.720. The summed E-state index contributed by atoms with van der Waals surface area (Å²) in [6, 6.07) is 8.53. The van der Waals surface area contributed by atoms with Crippen molar-refractivity contribution in [3.05, 3.63) is 29.3 Å². The average molecular weight is 411 g/mol. The van der Waals surface area contributed by atoms with Gasteiger partial charge < -0.3 is 15.5 Å². The van der Waals surface area contributed by atoms with E-state index in [-0.39, 0.29) is 17.4 Å². The zero-order valence-corrected chi connectivity index (χ0v) is 18.8. The highest BCUT2D eigenvalue weighted by Gasteiger charge is 2.44. The smallest absolute Gasteiger partial charge is 0.227 e. The van der Waals surface area contributed by atoms with Gasteiger partial charge in [0.1, 0.15) is 0 Å². The van der Waals surface area contributed by atoms with Gasteiger partial charge >= 0.3 is 0 Å². The Kier molecular flexibility index (Phi) is 5.53. The number of aryl methyl sites for hydroxylation is 1. The Bertz CT molecular complexity index is 787. The zero-order valence-electron chi connectivity index (χ0n) is 18.8. The van der Waals surface area contributed by atoms with Crippen LogP contribution in [0.1, 0.15) is 69.0 Å². The van der Waals surface area contributed by atoms with E-state index < -0.39 is 0 Å². The van der Waals surface area contributed by atoms with Crippen molar-refractivity contribution in [3.8, 4) is 0 Å². The van der Waals surface area contributed by atoms with E-state index in [4.69, 9.17) is 0 Å². The molecule has 1 spiro atoms. The summed E-state index contributed by atoms with van der Waals surface area (Å²) in [6.45, 7) is 10.1. The van der Waals surface area contributed by atoms with E-state index in [1.54, 1.807) is 0 Å². The molecular weight excluding hydrogens is 372 g/mol. The Balaban J connectivity index is 1.25. The molecule has 4 aliphatic heterocycles. The number of piperidine rings is 2. The van der Waals surface area contributed by atoms with E-state index in [9.17, 15) is 4.79 Å². The van der Waals surface area contributed by atoms with Crippen LogP contribution < -0.4 is 15.5 Å². The lowest BCUT2D eigenvalue weighted by atomic mass is 9.72.